The molecule has 4 nitrogen and oxygen atoms in total. The standard InChI is InChI=1S/C21H24O4S/c1-14-9-10-19(22)21(26(23,24)17-7-5-4-6-8-17)12-16-11-15(2)20(25-3)13-18(14)16/h4-8,11,13-14,21H,9-10,12H2,1-3H3. The summed E-state index contributed by atoms with van der Waals surface area (Å²) in [6.07, 6.45) is 1.12. The highest BCUT2D eigenvalue weighted by Gasteiger charge is 2.36. The Morgan fingerprint density at radius 3 is 2.46 bits per heavy atom. The first-order chi connectivity index (χ1) is 12.3. The van der Waals surface area contributed by atoms with E-state index in [-0.39, 0.29) is 29.4 Å². The average Bonchev–Trinajstić information content (AvgIpc) is 2.63. The van der Waals surface area contributed by atoms with Crippen molar-refractivity contribution < 1.29 is 17.9 Å². The smallest absolute Gasteiger partial charge is 0.188 e. The van der Waals surface area contributed by atoms with Crippen molar-refractivity contribution in [1.82, 2.24) is 0 Å². The Morgan fingerprint density at radius 1 is 1.12 bits per heavy atom. The van der Waals surface area contributed by atoms with E-state index in [2.05, 4.69) is 6.92 Å². The van der Waals surface area contributed by atoms with E-state index in [0.717, 1.165) is 22.4 Å². The molecule has 2 unspecified atom stereocenters. The van der Waals surface area contributed by atoms with E-state index in [1.165, 1.54) is 0 Å². The van der Waals surface area contributed by atoms with Gasteiger partial charge in [0.05, 0.1) is 12.0 Å². The molecule has 0 radical (unpaired) electrons. The second kappa shape index (κ2) is 7.23. The van der Waals surface area contributed by atoms with E-state index in [9.17, 15) is 13.2 Å². The van der Waals surface area contributed by atoms with Crippen molar-refractivity contribution in [3.05, 3.63) is 59.2 Å². The van der Waals surface area contributed by atoms with Crippen LogP contribution in [0.25, 0.3) is 0 Å². The Balaban J connectivity index is 2.10. The fourth-order valence-corrected chi connectivity index (χ4v) is 5.39. The summed E-state index contributed by atoms with van der Waals surface area (Å²) in [5.74, 6) is 0.786. The number of sulfone groups is 1. The number of fused-ring (bicyclic) bond motifs is 1. The Labute approximate surface area is 155 Å². The van der Waals surface area contributed by atoms with Crippen molar-refractivity contribution >= 4 is 15.6 Å². The molecule has 0 saturated carbocycles. The zero-order valence-electron chi connectivity index (χ0n) is 15.4. The molecule has 2 aromatic rings. The van der Waals surface area contributed by atoms with Crippen LogP contribution in [0.1, 0.15) is 42.4 Å². The van der Waals surface area contributed by atoms with Gasteiger partial charge in [-0.05, 0) is 60.6 Å². The minimum atomic E-state index is -3.72. The lowest BCUT2D eigenvalue weighted by molar-refractivity contribution is -0.118. The van der Waals surface area contributed by atoms with Crippen LogP contribution in [-0.2, 0) is 21.1 Å². The maximum absolute atomic E-state index is 13.1. The van der Waals surface area contributed by atoms with Gasteiger partial charge in [0, 0.05) is 6.42 Å². The van der Waals surface area contributed by atoms with Crippen molar-refractivity contribution in [1.29, 1.82) is 0 Å². The third kappa shape index (κ3) is 3.40. The predicted molar refractivity (Wildman–Crippen MR) is 102 cm³/mol. The van der Waals surface area contributed by atoms with Crippen LogP contribution >= 0.6 is 0 Å². The zero-order chi connectivity index (χ0) is 18.9. The highest BCUT2D eigenvalue weighted by Crippen LogP contribution is 2.35. The molecule has 138 valence electrons. The van der Waals surface area contributed by atoms with Crippen molar-refractivity contribution in [2.24, 2.45) is 0 Å². The topological polar surface area (TPSA) is 60.4 Å². The molecule has 26 heavy (non-hydrogen) atoms. The first-order valence-corrected chi connectivity index (χ1v) is 10.4. The maximum Gasteiger partial charge on any atom is 0.188 e. The molecule has 0 aromatic heterocycles. The molecule has 0 fully saturated rings. The third-order valence-corrected chi connectivity index (χ3v) is 7.33. The Hall–Kier alpha value is -2.14. The third-order valence-electron chi connectivity index (χ3n) is 5.22. The number of carbonyl (C=O) groups excluding carboxylic acids is 1. The van der Waals surface area contributed by atoms with Gasteiger partial charge in [0.15, 0.2) is 15.6 Å². The number of ketones is 1. The summed E-state index contributed by atoms with van der Waals surface area (Å²) in [6.45, 7) is 4.01. The molecule has 1 aliphatic rings. The van der Waals surface area contributed by atoms with Gasteiger partial charge in [-0.3, -0.25) is 4.79 Å². The summed E-state index contributed by atoms with van der Waals surface area (Å²) in [6, 6.07) is 12.2. The first kappa shape index (κ1) is 18.6. The van der Waals surface area contributed by atoms with Gasteiger partial charge in [0.25, 0.3) is 0 Å². The minimum Gasteiger partial charge on any atom is -0.496 e. The largest absolute Gasteiger partial charge is 0.496 e. The van der Waals surface area contributed by atoms with E-state index in [1.54, 1.807) is 37.4 Å². The van der Waals surface area contributed by atoms with Gasteiger partial charge in [-0.25, -0.2) is 8.42 Å². The van der Waals surface area contributed by atoms with Crippen molar-refractivity contribution in [2.75, 3.05) is 7.11 Å². The summed E-state index contributed by atoms with van der Waals surface area (Å²) in [5, 5.41) is -1.04. The SMILES string of the molecule is COc1cc2c(cc1C)CC(S(=O)(=O)c1ccccc1)C(=O)CCC2C. The van der Waals surface area contributed by atoms with Gasteiger partial charge in [-0.15, -0.1) is 0 Å². The molecule has 0 saturated heterocycles. The van der Waals surface area contributed by atoms with Crippen LogP contribution in [-0.4, -0.2) is 26.6 Å². The fraction of sp³-hybridized carbons (Fsp3) is 0.381. The molecular weight excluding hydrogens is 348 g/mol. The van der Waals surface area contributed by atoms with Gasteiger partial charge < -0.3 is 4.74 Å². The molecule has 2 atom stereocenters. The van der Waals surface area contributed by atoms with Crippen molar-refractivity contribution in [3.8, 4) is 5.75 Å². The van der Waals surface area contributed by atoms with E-state index >= 15 is 0 Å². The van der Waals surface area contributed by atoms with Gasteiger partial charge in [-0.1, -0.05) is 31.2 Å². The Bertz CT molecular complexity index is 917. The molecule has 0 spiro atoms. The van der Waals surface area contributed by atoms with Crippen LogP contribution in [0.15, 0.2) is 47.4 Å². The van der Waals surface area contributed by atoms with Crippen LogP contribution in [0.2, 0.25) is 0 Å². The molecular formula is C21H24O4S. The van der Waals surface area contributed by atoms with E-state index in [0.29, 0.717) is 6.42 Å². The summed E-state index contributed by atoms with van der Waals surface area (Å²) in [4.78, 5) is 13.0. The normalized spacial score (nSPS) is 20.8. The van der Waals surface area contributed by atoms with E-state index in [4.69, 9.17) is 4.74 Å². The molecule has 0 aliphatic heterocycles. The molecule has 2 aromatic carbocycles. The zero-order valence-corrected chi connectivity index (χ0v) is 16.2. The Kier molecular flexibility index (Phi) is 5.19. The molecule has 0 heterocycles. The van der Waals surface area contributed by atoms with Gasteiger partial charge in [0.1, 0.15) is 11.0 Å². The lowest BCUT2D eigenvalue weighted by atomic mass is 9.84. The number of ether oxygens (including phenoxy) is 1. The summed E-state index contributed by atoms with van der Waals surface area (Å²) >= 11 is 0. The molecule has 3 rings (SSSR count). The van der Waals surface area contributed by atoms with Crippen LogP contribution in [0.4, 0.5) is 0 Å². The second-order valence-electron chi connectivity index (χ2n) is 6.98. The predicted octanol–water partition coefficient (Wildman–Crippen LogP) is 3.86. The first-order valence-electron chi connectivity index (χ1n) is 8.83. The van der Waals surface area contributed by atoms with Crippen LogP contribution in [0, 0.1) is 6.92 Å². The highest BCUT2D eigenvalue weighted by atomic mass is 32.2. The summed E-state index contributed by atoms with van der Waals surface area (Å²) in [5.41, 5.74) is 2.95. The van der Waals surface area contributed by atoms with Crippen LogP contribution in [0.5, 0.6) is 5.75 Å². The molecule has 1 aliphatic carbocycles. The molecule has 0 bridgehead atoms. The number of methoxy groups -OCH3 is 1. The number of hydrogen-bond donors (Lipinski definition) is 0. The number of hydrogen-bond acceptors (Lipinski definition) is 4. The number of aryl methyl sites for hydroxylation is 1. The molecule has 0 N–H and O–H groups in total. The lowest BCUT2D eigenvalue weighted by Crippen LogP contribution is -2.34. The minimum absolute atomic E-state index is 0.184. The van der Waals surface area contributed by atoms with Gasteiger partial charge >= 0.3 is 0 Å². The number of Topliss-reactive ketones (excluding diaryl/α,β-unsaturated/α-hetero) is 1. The maximum atomic E-state index is 13.1. The highest BCUT2D eigenvalue weighted by molar-refractivity contribution is 7.92. The molecule has 0 amide bonds. The lowest BCUT2D eigenvalue weighted by Gasteiger charge is -2.26. The number of carbonyl (C=O) groups is 1. The monoisotopic (exact) mass is 372 g/mol. The second-order valence-corrected chi connectivity index (χ2v) is 9.11. The van der Waals surface area contributed by atoms with Crippen LogP contribution in [0.3, 0.4) is 0 Å². The average molecular weight is 372 g/mol. The van der Waals surface area contributed by atoms with E-state index in [1.807, 2.05) is 19.1 Å². The summed E-state index contributed by atoms with van der Waals surface area (Å²) < 4.78 is 31.7. The quantitative estimate of drug-likeness (QED) is 0.821. The van der Waals surface area contributed by atoms with Crippen LogP contribution < -0.4 is 4.74 Å². The summed E-state index contributed by atoms with van der Waals surface area (Å²) in [7, 11) is -2.09. The van der Waals surface area contributed by atoms with E-state index < -0.39 is 15.1 Å². The fourth-order valence-electron chi connectivity index (χ4n) is 3.67. The number of benzene rings is 2. The van der Waals surface area contributed by atoms with Crippen molar-refractivity contribution in [3.63, 3.8) is 0 Å². The number of rotatable bonds is 3. The van der Waals surface area contributed by atoms with Gasteiger partial charge in [0.2, 0.25) is 0 Å². The molecule has 5 heteroatoms. The van der Waals surface area contributed by atoms with Gasteiger partial charge in [-0.2, -0.15) is 0 Å². The van der Waals surface area contributed by atoms with Crippen molar-refractivity contribution in [2.45, 2.75) is 49.2 Å². The Morgan fingerprint density at radius 2 is 1.81 bits per heavy atom.